The Bertz CT molecular complexity index is 434. The molecule has 0 bridgehead atoms. The molecule has 1 amide bonds. The summed E-state index contributed by atoms with van der Waals surface area (Å²) < 4.78 is 0. The summed E-state index contributed by atoms with van der Waals surface area (Å²) in [5.74, 6) is -0.149. The fourth-order valence-electron chi connectivity index (χ4n) is 2.06. The lowest BCUT2D eigenvalue weighted by Crippen LogP contribution is -2.38. The molecule has 0 fully saturated rings. The molecular weight excluding hydrogens is 333 g/mol. The molecule has 0 aliphatic rings. The zero-order valence-corrected chi connectivity index (χ0v) is 16.2. The average molecular weight is 364 g/mol. The Morgan fingerprint density at radius 3 is 2.00 bits per heavy atom. The Morgan fingerprint density at radius 2 is 1.57 bits per heavy atom. The van der Waals surface area contributed by atoms with Gasteiger partial charge in [-0.15, -0.1) is 24.8 Å². The highest BCUT2D eigenvalue weighted by Crippen LogP contribution is 2.08. The van der Waals surface area contributed by atoms with E-state index in [9.17, 15) is 4.79 Å². The molecule has 1 aromatic carbocycles. The number of hydrogen-bond donors (Lipinski definition) is 2. The number of nitrogens with two attached hydrogens (primary N) is 1. The first-order valence-corrected chi connectivity index (χ1v) is 7.81. The van der Waals surface area contributed by atoms with Crippen LogP contribution in [-0.2, 0) is 17.9 Å². The van der Waals surface area contributed by atoms with E-state index < -0.39 is 0 Å². The van der Waals surface area contributed by atoms with Crippen molar-refractivity contribution in [2.45, 2.75) is 46.8 Å². The van der Waals surface area contributed by atoms with Gasteiger partial charge < -0.3 is 11.1 Å². The zero-order chi connectivity index (χ0) is 15.8. The van der Waals surface area contributed by atoms with Crippen LogP contribution in [0.3, 0.4) is 0 Å². The summed E-state index contributed by atoms with van der Waals surface area (Å²) in [7, 11) is 0. The minimum Gasteiger partial charge on any atom is -0.352 e. The van der Waals surface area contributed by atoms with E-state index in [-0.39, 0.29) is 42.7 Å². The number of halogens is 2. The van der Waals surface area contributed by atoms with Crippen molar-refractivity contribution >= 4 is 30.7 Å². The van der Waals surface area contributed by atoms with Crippen LogP contribution in [0.15, 0.2) is 24.3 Å². The maximum atomic E-state index is 11.9. The van der Waals surface area contributed by atoms with E-state index in [1.165, 1.54) is 5.56 Å². The number of benzene rings is 1. The van der Waals surface area contributed by atoms with E-state index >= 15 is 0 Å². The van der Waals surface area contributed by atoms with Gasteiger partial charge in [-0.25, -0.2) is 0 Å². The van der Waals surface area contributed by atoms with E-state index in [1.807, 2.05) is 13.8 Å². The van der Waals surface area contributed by atoms with E-state index in [2.05, 4.69) is 48.3 Å². The van der Waals surface area contributed by atoms with Gasteiger partial charge in [0.15, 0.2) is 0 Å². The Hall–Kier alpha value is -0.810. The molecule has 134 valence electrons. The van der Waals surface area contributed by atoms with Crippen molar-refractivity contribution < 1.29 is 4.79 Å². The number of nitrogens with one attached hydrogen (secondary N) is 1. The van der Waals surface area contributed by atoms with Crippen LogP contribution in [0.25, 0.3) is 0 Å². The third-order valence-corrected chi connectivity index (χ3v) is 3.99. The molecule has 3 N–H and O–H groups in total. The topological polar surface area (TPSA) is 58.4 Å². The zero-order valence-electron chi connectivity index (χ0n) is 14.5. The van der Waals surface area contributed by atoms with Crippen molar-refractivity contribution in [3.05, 3.63) is 35.4 Å². The van der Waals surface area contributed by atoms with Crippen LogP contribution in [0.4, 0.5) is 0 Å². The molecule has 0 spiro atoms. The summed E-state index contributed by atoms with van der Waals surface area (Å²) in [4.78, 5) is 14.2. The Morgan fingerprint density at radius 1 is 1.09 bits per heavy atom. The molecule has 6 heteroatoms. The molecule has 2 atom stereocenters. The van der Waals surface area contributed by atoms with E-state index in [0.717, 1.165) is 25.2 Å². The maximum absolute atomic E-state index is 11.9. The summed E-state index contributed by atoms with van der Waals surface area (Å²) in [5.41, 5.74) is 8.15. The molecule has 0 saturated heterocycles. The number of amides is 1. The molecule has 4 nitrogen and oxygen atoms in total. The molecule has 0 aliphatic carbocycles. The largest absolute Gasteiger partial charge is 0.352 e. The van der Waals surface area contributed by atoms with Gasteiger partial charge in [-0.1, -0.05) is 45.0 Å². The predicted octanol–water partition coefficient (Wildman–Crippen LogP) is 2.97. The average Bonchev–Trinajstić information content (AvgIpc) is 2.50. The van der Waals surface area contributed by atoms with Crippen LogP contribution < -0.4 is 11.1 Å². The molecule has 0 heterocycles. The fourth-order valence-corrected chi connectivity index (χ4v) is 2.06. The van der Waals surface area contributed by atoms with E-state index in [1.54, 1.807) is 0 Å². The lowest BCUT2D eigenvalue weighted by atomic mass is 10.0. The Balaban J connectivity index is 0. The molecule has 0 radical (unpaired) electrons. The Kier molecular flexibility index (Phi) is 13.4. The van der Waals surface area contributed by atoms with Crippen LogP contribution in [0.2, 0.25) is 0 Å². The third-order valence-electron chi connectivity index (χ3n) is 3.99. The monoisotopic (exact) mass is 363 g/mol. The predicted molar refractivity (Wildman–Crippen MR) is 102 cm³/mol. The minimum absolute atomic E-state index is 0. The van der Waals surface area contributed by atoms with E-state index in [4.69, 9.17) is 5.73 Å². The first-order valence-electron chi connectivity index (χ1n) is 7.81. The maximum Gasteiger partial charge on any atom is 0.224 e. The van der Waals surface area contributed by atoms with Crippen LogP contribution in [-0.4, -0.2) is 29.9 Å². The van der Waals surface area contributed by atoms with Gasteiger partial charge in [0.2, 0.25) is 5.91 Å². The lowest BCUT2D eigenvalue weighted by molar-refractivity contribution is -0.125. The van der Waals surface area contributed by atoms with Crippen molar-refractivity contribution in [2.75, 3.05) is 13.1 Å². The summed E-state index contributed by atoms with van der Waals surface area (Å²) >= 11 is 0. The van der Waals surface area contributed by atoms with Crippen molar-refractivity contribution in [3.63, 3.8) is 0 Å². The standard InChI is InChI=1S/C17H29N3O.2ClH/c1-5-20(6-2)12-16-9-7-15(8-10-16)11-19-17(21)13(3)14(4)18;;/h7-10,13-14H,5-6,11-12,18H2,1-4H3,(H,19,21);2*1H. The van der Waals surface area contributed by atoms with Crippen molar-refractivity contribution in [1.29, 1.82) is 0 Å². The molecule has 2 unspecified atom stereocenters. The van der Waals surface area contributed by atoms with E-state index in [0.29, 0.717) is 6.54 Å². The highest BCUT2D eigenvalue weighted by Gasteiger charge is 2.16. The van der Waals surface area contributed by atoms with Crippen molar-refractivity contribution in [3.8, 4) is 0 Å². The highest BCUT2D eigenvalue weighted by molar-refractivity contribution is 5.85. The second kappa shape index (κ2) is 12.6. The molecule has 0 aromatic heterocycles. The summed E-state index contributed by atoms with van der Waals surface area (Å²) in [6.07, 6.45) is 0. The molecule has 23 heavy (non-hydrogen) atoms. The van der Waals surface area contributed by atoms with Gasteiger partial charge in [-0.3, -0.25) is 9.69 Å². The first kappa shape index (κ1) is 24.4. The van der Waals surface area contributed by atoms with Gasteiger partial charge in [-0.05, 0) is 31.1 Å². The number of carbonyl (C=O) groups is 1. The second-order valence-electron chi connectivity index (χ2n) is 5.64. The fraction of sp³-hybridized carbons (Fsp3) is 0.588. The molecule has 0 aliphatic heterocycles. The van der Waals surface area contributed by atoms with Gasteiger partial charge in [-0.2, -0.15) is 0 Å². The highest BCUT2D eigenvalue weighted by atomic mass is 35.5. The van der Waals surface area contributed by atoms with Crippen LogP contribution in [0.5, 0.6) is 0 Å². The molecule has 0 saturated carbocycles. The SMILES string of the molecule is CCN(CC)Cc1ccc(CNC(=O)C(C)C(C)N)cc1.Cl.Cl. The number of carbonyl (C=O) groups excluding carboxylic acids is 1. The van der Waals surface area contributed by atoms with Gasteiger partial charge in [0.05, 0.1) is 0 Å². The first-order chi connectivity index (χ1) is 9.97. The summed E-state index contributed by atoms with van der Waals surface area (Å²) in [5, 5.41) is 2.93. The minimum atomic E-state index is -0.160. The smallest absolute Gasteiger partial charge is 0.224 e. The summed E-state index contributed by atoms with van der Waals surface area (Å²) in [6, 6.07) is 8.30. The van der Waals surface area contributed by atoms with Gasteiger partial charge in [0, 0.05) is 25.0 Å². The molecule has 1 rings (SSSR count). The number of rotatable bonds is 8. The quantitative estimate of drug-likeness (QED) is 0.746. The number of nitrogens with zero attached hydrogens (tertiary/aromatic N) is 1. The van der Waals surface area contributed by atoms with Crippen molar-refractivity contribution in [2.24, 2.45) is 11.7 Å². The van der Waals surface area contributed by atoms with Gasteiger partial charge in [0.1, 0.15) is 0 Å². The van der Waals surface area contributed by atoms with Crippen LogP contribution in [0.1, 0.15) is 38.8 Å². The molecular formula is C17H31Cl2N3O. The lowest BCUT2D eigenvalue weighted by Gasteiger charge is -2.18. The second-order valence-corrected chi connectivity index (χ2v) is 5.64. The Labute approximate surface area is 153 Å². The molecule has 1 aromatic rings. The van der Waals surface area contributed by atoms with Crippen molar-refractivity contribution in [1.82, 2.24) is 10.2 Å². The van der Waals surface area contributed by atoms with Gasteiger partial charge >= 0.3 is 0 Å². The van der Waals surface area contributed by atoms with Crippen LogP contribution in [0, 0.1) is 5.92 Å². The summed E-state index contributed by atoms with van der Waals surface area (Å²) in [6.45, 7) is 11.7. The number of hydrogen-bond acceptors (Lipinski definition) is 3. The van der Waals surface area contributed by atoms with Crippen LogP contribution >= 0.6 is 24.8 Å². The van der Waals surface area contributed by atoms with Gasteiger partial charge in [0.25, 0.3) is 0 Å². The third kappa shape index (κ3) is 8.56. The normalized spacial score (nSPS) is 12.8.